The van der Waals surface area contributed by atoms with Gasteiger partial charge in [-0.1, -0.05) is 12.1 Å². The third-order valence-electron chi connectivity index (χ3n) is 2.58. The Morgan fingerprint density at radius 1 is 1.22 bits per heavy atom. The van der Waals surface area contributed by atoms with E-state index in [-0.39, 0.29) is 5.69 Å². The van der Waals surface area contributed by atoms with Gasteiger partial charge in [-0.05, 0) is 42.3 Å². The van der Waals surface area contributed by atoms with Gasteiger partial charge in [0.05, 0.1) is 7.11 Å². The number of nitrogens with zero attached hydrogens (tertiary/aromatic N) is 1. The van der Waals surface area contributed by atoms with E-state index in [1.807, 2.05) is 30.3 Å². The number of ether oxygens (including phenoxy) is 1. The molecule has 0 saturated carbocycles. The Labute approximate surface area is 105 Å². The van der Waals surface area contributed by atoms with Gasteiger partial charge in [-0.15, -0.1) is 0 Å². The number of rotatable bonds is 3. The van der Waals surface area contributed by atoms with Crippen LogP contribution in [0.2, 0.25) is 0 Å². The molecule has 0 saturated heterocycles. The van der Waals surface area contributed by atoms with Crippen molar-refractivity contribution in [3.63, 3.8) is 0 Å². The summed E-state index contributed by atoms with van der Waals surface area (Å²) in [5.74, 6) is -0.290. The molecule has 0 aliphatic carbocycles. The van der Waals surface area contributed by atoms with Crippen molar-refractivity contribution < 1.29 is 14.6 Å². The van der Waals surface area contributed by atoms with Crippen molar-refractivity contribution in [3.05, 3.63) is 47.8 Å². The molecule has 0 radical (unpaired) electrons. The first-order valence-electron chi connectivity index (χ1n) is 5.46. The SMILES string of the molecule is COc1cccc(-c2cc(C)nc(C(=O)O)c2)c1. The number of hydrogen-bond donors (Lipinski definition) is 1. The van der Waals surface area contributed by atoms with Crippen LogP contribution in [0.1, 0.15) is 16.2 Å². The van der Waals surface area contributed by atoms with Gasteiger partial charge in [0.2, 0.25) is 0 Å². The molecule has 1 aromatic carbocycles. The molecule has 0 spiro atoms. The number of carboxylic acid groups (broad SMARTS) is 1. The van der Waals surface area contributed by atoms with Crippen LogP contribution < -0.4 is 4.74 Å². The number of aromatic nitrogens is 1. The third-order valence-corrected chi connectivity index (χ3v) is 2.58. The predicted octanol–water partition coefficient (Wildman–Crippen LogP) is 2.76. The van der Waals surface area contributed by atoms with Gasteiger partial charge in [-0.2, -0.15) is 0 Å². The van der Waals surface area contributed by atoms with Crippen LogP contribution in [0, 0.1) is 6.92 Å². The van der Waals surface area contributed by atoms with E-state index in [1.165, 1.54) is 0 Å². The number of carbonyl (C=O) groups is 1. The van der Waals surface area contributed by atoms with Crippen LogP contribution in [0.25, 0.3) is 11.1 Å². The highest BCUT2D eigenvalue weighted by Crippen LogP contribution is 2.24. The minimum absolute atomic E-state index is 0.0489. The number of aryl methyl sites for hydroxylation is 1. The summed E-state index contributed by atoms with van der Waals surface area (Å²) >= 11 is 0. The number of methoxy groups -OCH3 is 1. The van der Waals surface area contributed by atoms with Gasteiger partial charge in [0, 0.05) is 5.69 Å². The van der Waals surface area contributed by atoms with Crippen LogP contribution in [0.3, 0.4) is 0 Å². The van der Waals surface area contributed by atoms with Gasteiger partial charge in [-0.3, -0.25) is 0 Å². The second-order valence-electron chi connectivity index (χ2n) is 3.92. The molecule has 18 heavy (non-hydrogen) atoms. The minimum atomic E-state index is -1.03. The third kappa shape index (κ3) is 2.48. The van der Waals surface area contributed by atoms with Gasteiger partial charge in [-0.25, -0.2) is 9.78 Å². The fraction of sp³-hybridized carbons (Fsp3) is 0.143. The maximum absolute atomic E-state index is 11.0. The summed E-state index contributed by atoms with van der Waals surface area (Å²) in [4.78, 5) is 14.9. The van der Waals surface area contributed by atoms with E-state index < -0.39 is 5.97 Å². The minimum Gasteiger partial charge on any atom is -0.497 e. The summed E-state index contributed by atoms with van der Waals surface area (Å²) in [6.07, 6.45) is 0. The molecule has 0 aliphatic heterocycles. The molecule has 4 nitrogen and oxygen atoms in total. The Morgan fingerprint density at radius 2 is 2.00 bits per heavy atom. The molecule has 0 fully saturated rings. The molecule has 0 amide bonds. The van der Waals surface area contributed by atoms with Crippen molar-refractivity contribution in [2.24, 2.45) is 0 Å². The van der Waals surface area contributed by atoms with E-state index in [4.69, 9.17) is 9.84 Å². The molecule has 1 aromatic heterocycles. The summed E-state index contributed by atoms with van der Waals surface area (Å²) in [6, 6.07) is 10.9. The monoisotopic (exact) mass is 243 g/mol. The molecule has 0 aliphatic rings. The first-order valence-corrected chi connectivity index (χ1v) is 5.46. The molecule has 0 atom stereocenters. The molecule has 2 aromatic rings. The van der Waals surface area contributed by atoms with Gasteiger partial charge >= 0.3 is 5.97 Å². The number of pyridine rings is 1. The van der Waals surface area contributed by atoms with Gasteiger partial charge in [0.15, 0.2) is 0 Å². The van der Waals surface area contributed by atoms with Crippen molar-refractivity contribution in [3.8, 4) is 16.9 Å². The lowest BCUT2D eigenvalue weighted by atomic mass is 10.0. The zero-order valence-electron chi connectivity index (χ0n) is 10.2. The highest BCUT2D eigenvalue weighted by Gasteiger charge is 2.08. The summed E-state index contributed by atoms with van der Waals surface area (Å²) in [7, 11) is 1.60. The van der Waals surface area contributed by atoms with Crippen LogP contribution >= 0.6 is 0 Å². The quantitative estimate of drug-likeness (QED) is 0.900. The molecular formula is C14H13NO3. The van der Waals surface area contributed by atoms with E-state index in [0.29, 0.717) is 5.69 Å². The van der Waals surface area contributed by atoms with Crippen molar-refractivity contribution in [1.29, 1.82) is 0 Å². The first kappa shape index (κ1) is 12.1. The molecule has 2 rings (SSSR count). The lowest BCUT2D eigenvalue weighted by molar-refractivity contribution is 0.0690. The van der Waals surface area contributed by atoms with Gasteiger partial charge in [0.1, 0.15) is 11.4 Å². The van der Waals surface area contributed by atoms with Crippen molar-refractivity contribution >= 4 is 5.97 Å². The van der Waals surface area contributed by atoms with E-state index in [0.717, 1.165) is 16.9 Å². The van der Waals surface area contributed by atoms with Crippen molar-refractivity contribution in [2.45, 2.75) is 6.92 Å². The molecule has 1 heterocycles. The van der Waals surface area contributed by atoms with Gasteiger partial charge < -0.3 is 9.84 Å². The zero-order chi connectivity index (χ0) is 13.1. The number of aromatic carboxylic acids is 1. The number of carboxylic acids is 1. The summed E-state index contributed by atoms with van der Waals surface area (Å²) in [5.41, 5.74) is 2.45. The van der Waals surface area contributed by atoms with Crippen LogP contribution in [-0.2, 0) is 0 Å². The van der Waals surface area contributed by atoms with E-state index >= 15 is 0 Å². The normalized spacial score (nSPS) is 10.1. The average molecular weight is 243 g/mol. The maximum Gasteiger partial charge on any atom is 0.354 e. The Hall–Kier alpha value is -2.36. The van der Waals surface area contributed by atoms with Crippen LogP contribution in [0.4, 0.5) is 0 Å². The zero-order valence-corrected chi connectivity index (χ0v) is 10.2. The Kier molecular flexibility index (Phi) is 3.28. The summed E-state index contributed by atoms with van der Waals surface area (Å²) < 4.78 is 5.15. The second kappa shape index (κ2) is 4.87. The predicted molar refractivity (Wildman–Crippen MR) is 67.9 cm³/mol. The fourth-order valence-electron chi connectivity index (χ4n) is 1.75. The molecule has 1 N–H and O–H groups in total. The van der Waals surface area contributed by atoms with Gasteiger partial charge in [0.25, 0.3) is 0 Å². The molecule has 0 unspecified atom stereocenters. The Morgan fingerprint density at radius 3 is 2.67 bits per heavy atom. The van der Waals surface area contributed by atoms with Crippen molar-refractivity contribution in [2.75, 3.05) is 7.11 Å². The first-order chi connectivity index (χ1) is 8.60. The van der Waals surface area contributed by atoms with Crippen molar-refractivity contribution in [1.82, 2.24) is 4.98 Å². The average Bonchev–Trinajstić information content (AvgIpc) is 2.38. The fourth-order valence-corrected chi connectivity index (χ4v) is 1.75. The standard InChI is InChI=1S/C14H13NO3/c1-9-6-11(8-13(15-9)14(16)17)10-4-3-5-12(7-10)18-2/h3-8H,1-2H3,(H,16,17). The van der Waals surface area contributed by atoms with E-state index in [2.05, 4.69) is 4.98 Å². The van der Waals surface area contributed by atoms with Crippen LogP contribution in [-0.4, -0.2) is 23.2 Å². The van der Waals surface area contributed by atoms with Crippen LogP contribution in [0.5, 0.6) is 5.75 Å². The lowest BCUT2D eigenvalue weighted by Crippen LogP contribution is -2.01. The maximum atomic E-state index is 11.0. The lowest BCUT2D eigenvalue weighted by Gasteiger charge is -2.06. The summed E-state index contributed by atoms with van der Waals surface area (Å²) in [6.45, 7) is 1.77. The smallest absolute Gasteiger partial charge is 0.354 e. The molecule has 0 bridgehead atoms. The number of benzene rings is 1. The summed E-state index contributed by atoms with van der Waals surface area (Å²) in [5, 5.41) is 8.99. The Bertz CT molecular complexity index is 593. The largest absolute Gasteiger partial charge is 0.497 e. The Balaban J connectivity index is 2.52. The molecule has 92 valence electrons. The highest BCUT2D eigenvalue weighted by atomic mass is 16.5. The molecular weight excluding hydrogens is 230 g/mol. The highest BCUT2D eigenvalue weighted by molar-refractivity contribution is 5.87. The molecule has 4 heteroatoms. The second-order valence-corrected chi connectivity index (χ2v) is 3.92. The van der Waals surface area contributed by atoms with Crippen LogP contribution in [0.15, 0.2) is 36.4 Å². The van der Waals surface area contributed by atoms with E-state index in [1.54, 1.807) is 20.1 Å². The topological polar surface area (TPSA) is 59.4 Å². The number of hydrogen-bond acceptors (Lipinski definition) is 3. The van der Waals surface area contributed by atoms with E-state index in [9.17, 15) is 4.79 Å².